The van der Waals surface area contributed by atoms with Crippen LogP contribution in [0.15, 0.2) is 30.9 Å². The number of hydrogen-bond acceptors (Lipinski definition) is 3. The van der Waals surface area contributed by atoms with Crippen LogP contribution in [-0.4, -0.2) is 54.9 Å². The molecule has 2 atom stereocenters. The monoisotopic (exact) mass is 370 g/mol. The highest BCUT2D eigenvalue weighted by Crippen LogP contribution is 2.32. The fourth-order valence-corrected chi connectivity index (χ4v) is 4.31. The van der Waals surface area contributed by atoms with Crippen molar-refractivity contribution in [3.63, 3.8) is 0 Å². The second-order valence-corrected chi connectivity index (χ2v) is 7.68. The number of nitrogens with zero attached hydrogens (tertiary/aromatic N) is 2. The van der Waals surface area contributed by atoms with E-state index < -0.39 is 0 Å². The van der Waals surface area contributed by atoms with Gasteiger partial charge in [-0.05, 0) is 55.9 Å². The minimum atomic E-state index is -0.0889. The Kier molecular flexibility index (Phi) is 6.19. The van der Waals surface area contributed by atoms with Gasteiger partial charge in [-0.25, -0.2) is 0 Å². The number of carbonyl (C=O) groups is 2. The maximum absolute atomic E-state index is 13.1. The molecule has 2 unspecified atom stereocenters. The summed E-state index contributed by atoms with van der Waals surface area (Å²) in [7, 11) is 1.70. The number of ether oxygens (including phenoxy) is 1. The van der Waals surface area contributed by atoms with Crippen LogP contribution < -0.4 is 4.74 Å². The lowest BCUT2D eigenvalue weighted by atomic mass is 9.88. The van der Waals surface area contributed by atoms with Gasteiger partial charge in [-0.2, -0.15) is 0 Å². The lowest BCUT2D eigenvalue weighted by molar-refractivity contribution is -0.140. The third-order valence-corrected chi connectivity index (χ3v) is 5.89. The van der Waals surface area contributed by atoms with Crippen molar-refractivity contribution in [2.75, 3.05) is 33.3 Å². The molecule has 0 radical (unpaired) electrons. The van der Waals surface area contributed by atoms with E-state index in [1.807, 2.05) is 11.8 Å². The van der Waals surface area contributed by atoms with Crippen LogP contribution in [0.25, 0.3) is 0 Å². The Morgan fingerprint density at radius 2 is 1.89 bits per heavy atom. The van der Waals surface area contributed by atoms with E-state index in [1.54, 1.807) is 12.0 Å². The van der Waals surface area contributed by atoms with Crippen molar-refractivity contribution in [1.29, 1.82) is 0 Å². The molecule has 2 fully saturated rings. The Balaban J connectivity index is 1.67. The zero-order valence-corrected chi connectivity index (χ0v) is 16.4. The summed E-state index contributed by atoms with van der Waals surface area (Å²) in [6.45, 7) is 8.40. The Labute approximate surface area is 162 Å². The Bertz CT molecular complexity index is 716. The molecule has 0 N–H and O–H groups in total. The van der Waals surface area contributed by atoms with Gasteiger partial charge in [0.05, 0.1) is 13.0 Å². The number of methoxy groups -OCH3 is 1. The predicted molar refractivity (Wildman–Crippen MR) is 106 cm³/mol. The average Bonchev–Trinajstić information content (AvgIpc) is 2.73. The van der Waals surface area contributed by atoms with Gasteiger partial charge in [0.2, 0.25) is 11.8 Å². The first-order valence-corrected chi connectivity index (χ1v) is 9.88. The summed E-state index contributed by atoms with van der Waals surface area (Å²) in [5.41, 5.74) is 2.36. The van der Waals surface area contributed by atoms with Crippen molar-refractivity contribution in [2.45, 2.75) is 38.5 Å². The molecule has 2 heterocycles. The number of carbonyl (C=O) groups excluding carboxylic acids is 2. The van der Waals surface area contributed by atoms with Gasteiger partial charge in [-0.1, -0.05) is 18.7 Å². The fraction of sp³-hybridized carbons (Fsp3) is 0.545. The second kappa shape index (κ2) is 8.59. The fourth-order valence-electron chi connectivity index (χ4n) is 4.31. The summed E-state index contributed by atoms with van der Waals surface area (Å²) >= 11 is 0. The van der Waals surface area contributed by atoms with Gasteiger partial charge in [0.1, 0.15) is 5.75 Å². The summed E-state index contributed by atoms with van der Waals surface area (Å²) in [6.07, 6.45) is 5.17. The Hall–Kier alpha value is -2.30. The molecule has 0 saturated carbocycles. The summed E-state index contributed by atoms with van der Waals surface area (Å²) in [5, 5.41) is 0. The summed E-state index contributed by atoms with van der Waals surface area (Å²) in [6, 6.07) is 6.36. The zero-order valence-electron chi connectivity index (χ0n) is 16.4. The van der Waals surface area contributed by atoms with Crippen molar-refractivity contribution in [1.82, 2.24) is 9.80 Å². The SMILES string of the molecule is C=CC(=O)N1CCCC(C(=O)N2CCCC(c3ccc(C)c(OC)c3)C2)C1. The lowest BCUT2D eigenvalue weighted by Gasteiger charge is -2.38. The van der Waals surface area contributed by atoms with Crippen LogP contribution in [0, 0.1) is 12.8 Å². The number of aryl methyl sites for hydroxylation is 1. The number of piperidine rings is 2. The van der Waals surface area contributed by atoms with E-state index in [0.717, 1.165) is 56.6 Å². The van der Waals surface area contributed by atoms with Crippen molar-refractivity contribution in [2.24, 2.45) is 5.92 Å². The molecular weight excluding hydrogens is 340 g/mol. The molecule has 1 aromatic rings. The van der Waals surface area contributed by atoms with Crippen LogP contribution >= 0.6 is 0 Å². The lowest BCUT2D eigenvalue weighted by Crippen LogP contribution is -2.48. The highest BCUT2D eigenvalue weighted by atomic mass is 16.5. The molecule has 5 heteroatoms. The van der Waals surface area contributed by atoms with E-state index in [4.69, 9.17) is 4.74 Å². The molecule has 0 spiro atoms. The predicted octanol–water partition coefficient (Wildman–Crippen LogP) is 3.13. The first-order chi connectivity index (χ1) is 13.0. The molecule has 0 aliphatic carbocycles. The van der Waals surface area contributed by atoms with Gasteiger partial charge in [0.15, 0.2) is 0 Å². The van der Waals surface area contributed by atoms with Crippen LogP contribution in [0.5, 0.6) is 5.75 Å². The molecule has 2 amide bonds. The third kappa shape index (κ3) is 4.34. The van der Waals surface area contributed by atoms with Crippen LogP contribution in [-0.2, 0) is 9.59 Å². The molecule has 2 aliphatic heterocycles. The molecule has 146 valence electrons. The first-order valence-electron chi connectivity index (χ1n) is 9.88. The normalized spacial score (nSPS) is 23.0. The van der Waals surface area contributed by atoms with Crippen LogP contribution in [0.3, 0.4) is 0 Å². The molecule has 1 aromatic carbocycles. The van der Waals surface area contributed by atoms with Gasteiger partial charge in [-0.3, -0.25) is 9.59 Å². The van der Waals surface area contributed by atoms with E-state index in [2.05, 4.69) is 24.8 Å². The van der Waals surface area contributed by atoms with Crippen molar-refractivity contribution >= 4 is 11.8 Å². The van der Waals surface area contributed by atoms with Crippen molar-refractivity contribution in [3.05, 3.63) is 42.0 Å². The average molecular weight is 370 g/mol. The molecule has 27 heavy (non-hydrogen) atoms. The van der Waals surface area contributed by atoms with Crippen LogP contribution in [0.1, 0.15) is 42.7 Å². The smallest absolute Gasteiger partial charge is 0.245 e. The van der Waals surface area contributed by atoms with Gasteiger partial charge >= 0.3 is 0 Å². The minimum Gasteiger partial charge on any atom is -0.496 e. The zero-order chi connectivity index (χ0) is 19.4. The molecule has 0 bridgehead atoms. The maximum atomic E-state index is 13.1. The largest absolute Gasteiger partial charge is 0.496 e. The molecule has 5 nitrogen and oxygen atoms in total. The highest BCUT2D eigenvalue weighted by Gasteiger charge is 2.33. The molecular formula is C22H30N2O3. The van der Waals surface area contributed by atoms with E-state index in [0.29, 0.717) is 12.5 Å². The minimum absolute atomic E-state index is 0.0734. The number of rotatable bonds is 4. The van der Waals surface area contributed by atoms with Gasteiger partial charge < -0.3 is 14.5 Å². The molecule has 2 saturated heterocycles. The molecule has 0 aromatic heterocycles. The van der Waals surface area contributed by atoms with Gasteiger partial charge in [0.25, 0.3) is 0 Å². The summed E-state index contributed by atoms with van der Waals surface area (Å²) < 4.78 is 5.46. The molecule has 3 rings (SSSR count). The first kappa shape index (κ1) is 19.5. The Morgan fingerprint density at radius 3 is 2.63 bits per heavy atom. The molecule has 2 aliphatic rings. The maximum Gasteiger partial charge on any atom is 0.245 e. The summed E-state index contributed by atoms with van der Waals surface area (Å²) in [5.74, 6) is 1.28. The van der Waals surface area contributed by atoms with Crippen LogP contribution in [0.2, 0.25) is 0 Å². The van der Waals surface area contributed by atoms with Crippen LogP contribution in [0.4, 0.5) is 0 Å². The van der Waals surface area contributed by atoms with Gasteiger partial charge in [0, 0.05) is 32.1 Å². The second-order valence-electron chi connectivity index (χ2n) is 7.68. The van der Waals surface area contributed by atoms with E-state index in [9.17, 15) is 9.59 Å². The van der Waals surface area contributed by atoms with Crippen molar-refractivity contribution in [3.8, 4) is 5.75 Å². The summed E-state index contributed by atoms with van der Waals surface area (Å²) in [4.78, 5) is 28.8. The number of benzene rings is 1. The number of likely N-dealkylation sites (tertiary alicyclic amines) is 2. The quantitative estimate of drug-likeness (QED) is 0.765. The number of amides is 2. The van der Waals surface area contributed by atoms with E-state index >= 15 is 0 Å². The van der Waals surface area contributed by atoms with E-state index in [-0.39, 0.29) is 17.7 Å². The van der Waals surface area contributed by atoms with E-state index in [1.165, 1.54) is 11.6 Å². The number of hydrogen-bond donors (Lipinski definition) is 0. The standard InChI is InChI=1S/C22H30N2O3/c1-4-21(25)23-11-6-8-19(15-23)22(26)24-12-5-7-18(14-24)17-10-9-16(2)20(13-17)27-3/h4,9-10,13,18-19H,1,5-8,11-12,14-15H2,2-3H3. The topological polar surface area (TPSA) is 49.9 Å². The highest BCUT2D eigenvalue weighted by molar-refractivity contribution is 5.88. The third-order valence-electron chi connectivity index (χ3n) is 5.89. The Morgan fingerprint density at radius 1 is 1.15 bits per heavy atom. The van der Waals surface area contributed by atoms with Gasteiger partial charge in [-0.15, -0.1) is 0 Å². The van der Waals surface area contributed by atoms with Crippen molar-refractivity contribution < 1.29 is 14.3 Å².